The van der Waals surface area contributed by atoms with Crippen LogP contribution in [-0.2, 0) is 0 Å². The molecule has 0 spiro atoms. The molecule has 0 aliphatic rings. The summed E-state index contributed by atoms with van der Waals surface area (Å²) in [4.78, 5) is 30.8. The molecule has 5 nitrogen and oxygen atoms in total. The van der Waals surface area contributed by atoms with Crippen molar-refractivity contribution in [2.45, 2.75) is 33.2 Å². The number of hydrogen-bond acceptors (Lipinski definition) is 3. The quantitative estimate of drug-likeness (QED) is 0.886. The van der Waals surface area contributed by atoms with Gasteiger partial charge in [0.1, 0.15) is 11.4 Å². The number of para-hydroxylation sites is 1. The lowest BCUT2D eigenvalue weighted by Gasteiger charge is -2.20. The molecule has 0 radical (unpaired) electrons. The number of carbonyl (C=O) groups is 2. The van der Waals surface area contributed by atoms with Gasteiger partial charge in [0, 0.05) is 18.3 Å². The Hall–Kier alpha value is -2.69. The van der Waals surface area contributed by atoms with Gasteiger partial charge in [0.2, 0.25) is 0 Å². The van der Waals surface area contributed by atoms with E-state index in [9.17, 15) is 9.59 Å². The van der Waals surface area contributed by atoms with Crippen LogP contribution in [0.25, 0.3) is 0 Å². The van der Waals surface area contributed by atoms with Gasteiger partial charge in [-0.2, -0.15) is 0 Å². The number of aromatic nitrogens is 1. The van der Waals surface area contributed by atoms with Crippen LogP contribution >= 0.6 is 0 Å². The maximum atomic E-state index is 12.8. The third-order valence-electron chi connectivity index (χ3n) is 3.82. The summed E-state index contributed by atoms with van der Waals surface area (Å²) in [5, 5.41) is 2.86. The van der Waals surface area contributed by atoms with Crippen molar-refractivity contribution in [1.82, 2.24) is 10.3 Å². The van der Waals surface area contributed by atoms with E-state index < -0.39 is 0 Å². The van der Waals surface area contributed by atoms with Crippen LogP contribution in [-0.4, -0.2) is 29.4 Å². The van der Waals surface area contributed by atoms with E-state index in [1.165, 1.54) is 0 Å². The highest BCUT2D eigenvalue weighted by Crippen LogP contribution is 2.16. The van der Waals surface area contributed by atoms with E-state index in [0.29, 0.717) is 6.54 Å². The second-order valence-corrected chi connectivity index (χ2v) is 5.58. The lowest BCUT2D eigenvalue weighted by Crippen LogP contribution is -2.34. The summed E-state index contributed by atoms with van der Waals surface area (Å²) in [5.74, 6) is -0.483. The smallest absolute Gasteiger partial charge is 0.276 e. The molecule has 0 saturated heterocycles. The number of pyridine rings is 1. The molecule has 1 atom stereocenters. The summed E-state index contributed by atoms with van der Waals surface area (Å²) >= 11 is 0. The molecule has 0 fully saturated rings. The lowest BCUT2D eigenvalue weighted by atomic mass is 10.2. The molecule has 1 N–H and O–H groups in total. The summed E-state index contributed by atoms with van der Waals surface area (Å²) in [6.07, 6.45) is 0.835. The van der Waals surface area contributed by atoms with E-state index in [-0.39, 0.29) is 29.2 Å². The first-order valence-corrected chi connectivity index (χ1v) is 8.21. The number of amides is 2. The predicted octanol–water partition coefficient (Wildman–Crippen LogP) is 3.28. The van der Waals surface area contributed by atoms with Gasteiger partial charge in [0.25, 0.3) is 11.8 Å². The van der Waals surface area contributed by atoms with Gasteiger partial charge in [-0.1, -0.05) is 31.2 Å². The van der Waals surface area contributed by atoms with Gasteiger partial charge in [0.15, 0.2) is 0 Å². The normalized spacial score (nSPS) is 11.6. The Morgan fingerprint density at radius 2 is 1.71 bits per heavy atom. The summed E-state index contributed by atoms with van der Waals surface area (Å²) in [6.45, 7) is 6.36. The summed E-state index contributed by atoms with van der Waals surface area (Å²) in [7, 11) is 0. The monoisotopic (exact) mass is 325 g/mol. The summed E-state index contributed by atoms with van der Waals surface area (Å²) in [6, 6.07) is 14.4. The lowest BCUT2D eigenvalue weighted by molar-refractivity contribution is 0.0934. The van der Waals surface area contributed by atoms with Gasteiger partial charge in [0.05, 0.1) is 0 Å². The fraction of sp³-hybridized carbons (Fsp3) is 0.316. The van der Waals surface area contributed by atoms with Crippen molar-refractivity contribution >= 4 is 17.5 Å². The number of benzene rings is 1. The Morgan fingerprint density at radius 1 is 1.04 bits per heavy atom. The maximum absolute atomic E-state index is 12.8. The molecular formula is C19H23N3O2. The molecule has 2 aromatic rings. The first kappa shape index (κ1) is 17.7. The number of nitrogens with one attached hydrogen (secondary N) is 1. The highest BCUT2D eigenvalue weighted by Gasteiger charge is 2.19. The van der Waals surface area contributed by atoms with Crippen molar-refractivity contribution in [3.8, 4) is 0 Å². The van der Waals surface area contributed by atoms with Gasteiger partial charge < -0.3 is 10.2 Å². The van der Waals surface area contributed by atoms with Crippen molar-refractivity contribution in [1.29, 1.82) is 0 Å². The SMILES string of the molecule is CCC(C)NC(=O)c1cccc(C(=O)N(CC)c2ccccc2)n1. The standard InChI is InChI=1S/C19H23N3O2/c1-4-14(3)20-18(23)16-12-9-13-17(21-16)19(24)22(5-2)15-10-7-6-8-11-15/h6-14H,4-5H2,1-3H3,(H,20,23). The molecule has 24 heavy (non-hydrogen) atoms. The van der Waals surface area contributed by atoms with Crippen LogP contribution in [0.3, 0.4) is 0 Å². The average molecular weight is 325 g/mol. The molecule has 0 aliphatic carbocycles. The van der Waals surface area contributed by atoms with Crippen LogP contribution in [0.15, 0.2) is 48.5 Å². The van der Waals surface area contributed by atoms with Crippen LogP contribution in [0, 0.1) is 0 Å². The average Bonchev–Trinajstić information content (AvgIpc) is 2.63. The largest absolute Gasteiger partial charge is 0.348 e. The van der Waals surface area contributed by atoms with Crippen molar-refractivity contribution in [3.63, 3.8) is 0 Å². The molecule has 1 heterocycles. The molecular weight excluding hydrogens is 302 g/mol. The van der Waals surface area contributed by atoms with Crippen LogP contribution in [0.1, 0.15) is 48.2 Å². The van der Waals surface area contributed by atoms with Crippen LogP contribution in [0.5, 0.6) is 0 Å². The second kappa shape index (κ2) is 8.24. The van der Waals surface area contributed by atoms with E-state index in [2.05, 4.69) is 10.3 Å². The van der Waals surface area contributed by atoms with Crippen molar-refractivity contribution < 1.29 is 9.59 Å². The molecule has 0 saturated carbocycles. The summed E-state index contributed by atoms with van der Waals surface area (Å²) < 4.78 is 0. The van der Waals surface area contributed by atoms with E-state index in [1.807, 2.05) is 51.1 Å². The Labute approximate surface area is 142 Å². The molecule has 0 aliphatic heterocycles. The highest BCUT2D eigenvalue weighted by atomic mass is 16.2. The zero-order chi connectivity index (χ0) is 17.5. The molecule has 5 heteroatoms. The molecule has 1 unspecified atom stereocenters. The fourth-order valence-corrected chi connectivity index (χ4v) is 2.27. The highest BCUT2D eigenvalue weighted by molar-refractivity contribution is 6.05. The van der Waals surface area contributed by atoms with Crippen LogP contribution < -0.4 is 10.2 Å². The molecule has 2 amide bonds. The Balaban J connectivity index is 2.24. The zero-order valence-corrected chi connectivity index (χ0v) is 14.3. The number of anilines is 1. The van der Waals surface area contributed by atoms with Gasteiger partial charge in [-0.05, 0) is 44.5 Å². The Bertz CT molecular complexity index is 701. The van der Waals surface area contributed by atoms with Crippen LogP contribution in [0.2, 0.25) is 0 Å². The van der Waals surface area contributed by atoms with Crippen LogP contribution in [0.4, 0.5) is 5.69 Å². The first-order valence-electron chi connectivity index (χ1n) is 8.21. The third kappa shape index (κ3) is 4.19. The topological polar surface area (TPSA) is 62.3 Å². The fourth-order valence-electron chi connectivity index (χ4n) is 2.27. The molecule has 2 rings (SSSR count). The van der Waals surface area contributed by atoms with E-state index >= 15 is 0 Å². The number of carbonyl (C=O) groups excluding carboxylic acids is 2. The minimum Gasteiger partial charge on any atom is -0.348 e. The van der Waals surface area contributed by atoms with Gasteiger partial charge in [-0.3, -0.25) is 9.59 Å². The summed E-state index contributed by atoms with van der Waals surface area (Å²) in [5.41, 5.74) is 1.32. The number of nitrogens with zero attached hydrogens (tertiary/aromatic N) is 2. The molecule has 126 valence electrons. The van der Waals surface area contributed by atoms with E-state index in [0.717, 1.165) is 12.1 Å². The number of rotatable bonds is 6. The van der Waals surface area contributed by atoms with Crippen molar-refractivity contribution in [2.75, 3.05) is 11.4 Å². The number of hydrogen-bond donors (Lipinski definition) is 1. The van der Waals surface area contributed by atoms with Crippen molar-refractivity contribution in [3.05, 3.63) is 59.9 Å². The van der Waals surface area contributed by atoms with Gasteiger partial charge in [-0.15, -0.1) is 0 Å². The minimum absolute atomic E-state index is 0.0649. The van der Waals surface area contributed by atoms with E-state index in [4.69, 9.17) is 0 Å². The Kier molecular flexibility index (Phi) is 6.07. The zero-order valence-electron chi connectivity index (χ0n) is 14.3. The third-order valence-corrected chi connectivity index (χ3v) is 3.82. The molecule has 0 bridgehead atoms. The predicted molar refractivity (Wildman–Crippen MR) is 95.2 cm³/mol. The van der Waals surface area contributed by atoms with Gasteiger partial charge in [-0.25, -0.2) is 4.98 Å². The van der Waals surface area contributed by atoms with Gasteiger partial charge >= 0.3 is 0 Å². The second-order valence-electron chi connectivity index (χ2n) is 5.58. The van der Waals surface area contributed by atoms with Crippen molar-refractivity contribution in [2.24, 2.45) is 0 Å². The Morgan fingerprint density at radius 3 is 2.33 bits per heavy atom. The molecule has 1 aromatic heterocycles. The minimum atomic E-state index is -0.262. The molecule has 1 aromatic carbocycles. The maximum Gasteiger partial charge on any atom is 0.276 e. The van der Waals surface area contributed by atoms with E-state index in [1.54, 1.807) is 23.1 Å². The first-order chi connectivity index (χ1) is 11.6.